The first-order valence-corrected chi connectivity index (χ1v) is 6.78. The van der Waals surface area contributed by atoms with Crippen LogP contribution in [-0.4, -0.2) is 31.6 Å². The molecule has 0 aliphatic carbocycles. The van der Waals surface area contributed by atoms with Crippen molar-refractivity contribution in [3.63, 3.8) is 0 Å². The van der Waals surface area contributed by atoms with E-state index in [1.807, 2.05) is 13.1 Å². The molecule has 96 valence electrons. The SMILES string of the molecule is CCCN(CCNC)Cc1cccc(F)c1Br. The molecule has 0 saturated carbocycles. The molecular formula is C13H20BrFN2. The fraction of sp³-hybridized carbons (Fsp3) is 0.538. The van der Waals surface area contributed by atoms with E-state index in [9.17, 15) is 4.39 Å². The highest BCUT2D eigenvalue weighted by atomic mass is 79.9. The van der Waals surface area contributed by atoms with Crippen molar-refractivity contribution in [3.8, 4) is 0 Å². The summed E-state index contributed by atoms with van der Waals surface area (Å²) in [6, 6.07) is 5.21. The van der Waals surface area contributed by atoms with Gasteiger partial charge in [-0.05, 0) is 47.6 Å². The molecule has 17 heavy (non-hydrogen) atoms. The fourth-order valence-corrected chi connectivity index (χ4v) is 2.16. The molecule has 1 rings (SSSR count). The fourth-order valence-electron chi connectivity index (χ4n) is 1.77. The van der Waals surface area contributed by atoms with Crippen molar-refractivity contribution < 1.29 is 4.39 Å². The molecule has 4 heteroatoms. The lowest BCUT2D eigenvalue weighted by Crippen LogP contribution is -2.31. The molecule has 0 bridgehead atoms. The van der Waals surface area contributed by atoms with Gasteiger partial charge < -0.3 is 5.32 Å². The van der Waals surface area contributed by atoms with Crippen LogP contribution >= 0.6 is 15.9 Å². The summed E-state index contributed by atoms with van der Waals surface area (Å²) < 4.78 is 14.0. The van der Waals surface area contributed by atoms with Crippen LogP contribution < -0.4 is 5.32 Å². The summed E-state index contributed by atoms with van der Waals surface area (Å²) in [7, 11) is 1.95. The van der Waals surface area contributed by atoms with E-state index in [4.69, 9.17) is 0 Å². The summed E-state index contributed by atoms with van der Waals surface area (Å²) in [4.78, 5) is 2.33. The number of hydrogen-bond acceptors (Lipinski definition) is 2. The molecule has 2 nitrogen and oxygen atoms in total. The third kappa shape index (κ3) is 4.74. The van der Waals surface area contributed by atoms with Crippen molar-refractivity contribution >= 4 is 15.9 Å². The zero-order valence-electron chi connectivity index (χ0n) is 10.5. The lowest BCUT2D eigenvalue weighted by atomic mass is 10.2. The van der Waals surface area contributed by atoms with Gasteiger partial charge in [-0.1, -0.05) is 19.1 Å². The Balaban J connectivity index is 2.67. The van der Waals surface area contributed by atoms with Gasteiger partial charge >= 0.3 is 0 Å². The second-order valence-corrected chi connectivity index (χ2v) is 4.89. The average molecular weight is 303 g/mol. The lowest BCUT2D eigenvalue weighted by molar-refractivity contribution is 0.267. The van der Waals surface area contributed by atoms with E-state index in [0.717, 1.165) is 38.2 Å². The van der Waals surface area contributed by atoms with E-state index in [1.54, 1.807) is 6.07 Å². The number of nitrogens with one attached hydrogen (secondary N) is 1. The Kier molecular flexibility index (Phi) is 6.70. The molecule has 0 amide bonds. The minimum absolute atomic E-state index is 0.187. The summed E-state index contributed by atoms with van der Waals surface area (Å²) in [5, 5.41) is 3.14. The molecule has 1 N–H and O–H groups in total. The predicted octanol–water partition coefficient (Wildman–Crippen LogP) is 3.02. The van der Waals surface area contributed by atoms with Gasteiger partial charge in [-0.2, -0.15) is 0 Å². The van der Waals surface area contributed by atoms with Gasteiger partial charge in [0.15, 0.2) is 0 Å². The smallest absolute Gasteiger partial charge is 0.137 e. The largest absolute Gasteiger partial charge is 0.318 e. The van der Waals surface area contributed by atoms with Crippen molar-refractivity contribution in [2.24, 2.45) is 0 Å². The first-order valence-electron chi connectivity index (χ1n) is 5.98. The third-order valence-electron chi connectivity index (χ3n) is 2.64. The molecule has 0 radical (unpaired) electrons. The van der Waals surface area contributed by atoms with Crippen molar-refractivity contribution in [2.45, 2.75) is 19.9 Å². The van der Waals surface area contributed by atoms with E-state index in [1.165, 1.54) is 6.07 Å². The average Bonchev–Trinajstić information content (AvgIpc) is 2.32. The number of benzene rings is 1. The van der Waals surface area contributed by atoms with Gasteiger partial charge in [-0.25, -0.2) is 4.39 Å². The van der Waals surface area contributed by atoms with E-state index in [2.05, 4.69) is 33.1 Å². The van der Waals surface area contributed by atoms with Gasteiger partial charge in [-0.3, -0.25) is 4.90 Å². The molecule has 1 aromatic carbocycles. The van der Waals surface area contributed by atoms with Crippen LogP contribution in [0.15, 0.2) is 22.7 Å². The van der Waals surface area contributed by atoms with E-state index >= 15 is 0 Å². The molecule has 0 unspecified atom stereocenters. The molecule has 0 heterocycles. The van der Waals surface area contributed by atoms with Gasteiger partial charge in [-0.15, -0.1) is 0 Å². The molecule has 0 saturated heterocycles. The first kappa shape index (κ1) is 14.6. The Labute approximate surface area is 111 Å². The summed E-state index contributed by atoms with van der Waals surface area (Å²) in [6.45, 7) is 5.91. The Hall–Kier alpha value is -0.450. The van der Waals surface area contributed by atoms with Crippen LogP contribution in [0.25, 0.3) is 0 Å². The summed E-state index contributed by atoms with van der Waals surface area (Å²) >= 11 is 3.31. The normalized spacial score (nSPS) is 11.1. The molecule has 0 atom stereocenters. The van der Waals surface area contributed by atoms with E-state index in [0.29, 0.717) is 4.47 Å². The van der Waals surface area contributed by atoms with Gasteiger partial charge in [0.25, 0.3) is 0 Å². The first-order chi connectivity index (χ1) is 8.19. The van der Waals surface area contributed by atoms with Gasteiger partial charge in [0.2, 0.25) is 0 Å². The van der Waals surface area contributed by atoms with Crippen LogP contribution in [0.5, 0.6) is 0 Å². The molecule has 0 aliphatic rings. The summed E-state index contributed by atoms with van der Waals surface area (Å²) in [5.41, 5.74) is 1.01. The van der Waals surface area contributed by atoms with Crippen LogP contribution in [0.2, 0.25) is 0 Å². The third-order valence-corrected chi connectivity index (χ3v) is 3.53. The predicted molar refractivity (Wildman–Crippen MR) is 73.6 cm³/mol. The minimum Gasteiger partial charge on any atom is -0.318 e. The number of halogens is 2. The van der Waals surface area contributed by atoms with Gasteiger partial charge in [0, 0.05) is 19.6 Å². The lowest BCUT2D eigenvalue weighted by Gasteiger charge is -2.22. The highest BCUT2D eigenvalue weighted by Gasteiger charge is 2.09. The van der Waals surface area contributed by atoms with Crippen molar-refractivity contribution in [1.29, 1.82) is 0 Å². The Morgan fingerprint density at radius 2 is 2.12 bits per heavy atom. The maximum atomic E-state index is 13.4. The highest BCUT2D eigenvalue weighted by Crippen LogP contribution is 2.21. The number of nitrogens with zero attached hydrogens (tertiary/aromatic N) is 1. The van der Waals surface area contributed by atoms with E-state index in [-0.39, 0.29) is 5.82 Å². The van der Waals surface area contributed by atoms with Gasteiger partial charge in [0.05, 0.1) is 4.47 Å². The molecule has 0 spiro atoms. The maximum absolute atomic E-state index is 13.4. The molecule has 0 fully saturated rings. The van der Waals surface area contributed by atoms with Gasteiger partial charge in [0.1, 0.15) is 5.82 Å². The van der Waals surface area contributed by atoms with Crippen molar-refractivity contribution in [1.82, 2.24) is 10.2 Å². The monoisotopic (exact) mass is 302 g/mol. The van der Waals surface area contributed by atoms with Crippen molar-refractivity contribution in [2.75, 3.05) is 26.7 Å². The zero-order chi connectivity index (χ0) is 12.7. The van der Waals surface area contributed by atoms with Crippen LogP contribution in [-0.2, 0) is 6.54 Å². The number of hydrogen-bond donors (Lipinski definition) is 1. The molecule has 1 aromatic rings. The number of rotatable bonds is 7. The Morgan fingerprint density at radius 3 is 2.76 bits per heavy atom. The highest BCUT2D eigenvalue weighted by molar-refractivity contribution is 9.10. The maximum Gasteiger partial charge on any atom is 0.137 e. The van der Waals surface area contributed by atoms with Crippen molar-refractivity contribution in [3.05, 3.63) is 34.1 Å². The molecule has 0 aliphatic heterocycles. The standard InChI is InChI=1S/C13H20BrFN2/c1-3-8-17(9-7-16-2)10-11-5-4-6-12(15)13(11)14/h4-6,16H,3,7-10H2,1-2H3. The summed E-state index contributed by atoms with van der Waals surface area (Å²) in [6.07, 6.45) is 1.11. The van der Waals surface area contributed by atoms with Crippen LogP contribution in [0.1, 0.15) is 18.9 Å². The number of likely N-dealkylation sites (N-methyl/N-ethyl adjacent to an activating group) is 1. The van der Waals surface area contributed by atoms with Crippen LogP contribution in [0.4, 0.5) is 4.39 Å². The Bertz CT molecular complexity index is 344. The van der Waals surface area contributed by atoms with Crippen LogP contribution in [0, 0.1) is 5.82 Å². The topological polar surface area (TPSA) is 15.3 Å². The zero-order valence-corrected chi connectivity index (χ0v) is 12.1. The second-order valence-electron chi connectivity index (χ2n) is 4.09. The minimum atomic E-state index is -0.187. The summed E-state index contributed by atoms with van der Waals surface area (Å²) in [5.74, 6) is -0.187. The quantitative estimate of drug-likeness (QED) is 0.833. The molecular weight excluding hydrogens is 283 g/mol. The molecule has 0 aromatic heterocycles. The second kappa shape index (κ2) is 7.80. The Morgan fingerprint density at radius 1 is 1.35 bits per heavy atom. The van der Waals surface area contributed by atoms with Crippen LogP contribution in [0.3, 0.4) is 0 Å². The van der Waals surface area contributed by atoms with E-state index < -0.39 is 0 Å².